The van der Waals surface area contributed by atoms with Gasteiger partial charge in [-0.05, 0) is 56.0 Å². The van der Waals surface area contributed by atoms with Gasteiger partial charge in [0.2, 0.25) is 0 Å². The van der Waals surface area contributed by atoms with Crippen molar-refractivity contribution in [2.75, 3.05) is 14.2 Å². The summed E-state index contributed by atoms with van der Waals surface area (Å²) in [5, 5.41) is 4.69. The predicted octanol–water partition coefficient (Wildman–Crippen LogP) is 3.73. The normalized spacial score (nSPS) is 11.1. The fourth-order valence-corrected chi connectivity index (χ4v) is 3.25. The summed E-state index contributed by atoms with van der Waals surface area (Å²) in [7, 11) is 3.40. The third-order valence-electron chi connectivity index (χ3n) is 4.22. The van der Waals surface area contributed by atoms with Crippen LogP contribution in [0.1, 0.15) is 12.5 Å². The van der Waals surface area contributed by atoms with E-state index in [0.717, 1.165) is 23.5 Å². The molecule has 0 aliphatic carbocycles. The molecule has 8 heteroatoms. The molecule has 0 saturated heterocycles. The summed E-state index contributed by atoms with van der Waals surface area (Å²) in [6.07, 6.45) is 3.48. The van der Waals surface area contributed by atoms with Crippen molar-refractivity contribution in [3.63, 3.8) is 0 Å². The van der Waals surface area contributed by atoms with Crippen molar-refractivity contribution in [3.8, 4) is 17.1 Å². The summed E-state index contributed by atoms with van der Waals surface area (Å²) >= 11 is 5.59. The molecule has 1 aromatic carbocycles. The van der Waals surface area contributed by atoms with Crippen molar-refractivity contribution in [2.24, 2.45) is 0 Å². The van der Waals surface area contributed by atoms with E-state index in [4.69, 9.17) is 17.0 Å². The van der Waals surface area contributed by atoms with Crippen LogP contribution in [-0.2, 0) is 19.8 Å². The van der Waals surface area contributed by atoms with E-state index in [0.29, 0.717) is 18.0 Å². The Morgan fingerprint density at radius 1 is 1.22 bits per heavy atom. The first-order valence-electron chi connectivity index (χ1n) is 8.62. The fourth-order valence-electron chi connectivity index (χ4n) is 2.93. The molecule has 3 aromatic rings. The van der Waals surface area contributed by atoms with Crippen LogP contribution >= 0.6 is 12.2 Å². The van der Waals surface area contributed by atoms with Gasteiger partial charge in [0.25, 0.3) is 0 Å². The number of benzene rings is 1. The summed E-state index contributed by atoms with van der Waals surface area (Å²) in [5.41, 5.74) is 1.82. The summed E-state index contributed by atoms with van der Waals surface area (Å²) < 4.78 is 23.3. The van der Waals surface area contributed by atoms with Crippen LogP contribution in [0, 0.1) is 10.6 Å². The first kappa shape index (κ1) is 19.2. The van der Waals surface area contributed by atoms with Gasteiger partial charge in [-0.3, -0.25) is 9.88 Å². The van der Waals surface area contributed by atoms with Crippen LogP contribution in [0.4, 0.5) is 4.39 Å². The standard InChI is InChI=1S/C19H22FN5OS/c1-4-24-18(15-7-9-21-10-8-15)22-25(19(24)27)13-23(2)12-14-5-6-17(26-3)16(20)11-14/h5-11H,4,12-13H2,1-3H3. The lowest BCUT2D eigenvalue weighted by atomic mass is 10.2. The van der Waals surface area contributed by atoms with E-state index in [1.807, 2.05) is 41.6 Å². The number of nitrogens with zero attached hydrogens (tertiary/aromatic N) is 5. The molecule has 0 radical (unpaired) electrons. The Kier molecular flexibility index (Phi) is 5.98. The van der Waals surface area contributed by atoms with Crippen LogP contribution in [-0.4, -0.2) is 38.4 Å². The summed E-state index contributed by atoms with van der Waals surface area (Å²) in [6, 6.07) is 8.80. The molecule has 0 saturated carbocycles. The Labute approximate surface area is 162 Å². The lowest BCUT2D eigenvalue weighted by Gasteiger charge is -2.17. The number of ether oxygens (including phenoxy) is 1. The molecular formula is C19H22FN5OS. The van der Waals surface area contributed by atoms with Crippen molar-refractivity contribution < 1.29 is 9.13 Å². The number of hydrogen-bond donors (Lipinski definition) is 0. The van der Waals surface area contributed by atoms with Gasteiger partial charge in [-0.15, -0.1) is 0 Å². The van der Waals surface area contributed by atoms with Gasteiger partial charge in [0.15, 0.2) is 22.2 Å². The van der Waals surface area contributed by atoms with Crippen LogP contribution in [0.25, 0.3) is 11.4 Å². The van der Waals surface area contributed by atoms with E-state index in [1.54, 1.807) is 23.1 Å². The number of rotatable bonds is 7. The van der Waals surface area contributed by atoms with Gasteiger partial charge in [-0.2, -0.15) is 5.10 Å². The minimum atomic E-state index is -0.366. The van der Waals surface area contributed by atoms with Gasteiger partial charge < -0.3 is 9.30 Å². The van der Waals surface area contributed by atoms with Crippen molar-refractivity contribution in [3.05, 3.63) is 58.9 Å². The van der Waals surface area contributed by atoms with Crippen LogP contribution in [0.15, 0.2) is 42.7 Å². The number of halogens is 1. The van der Waals surface area contributed by atoms with E-state index in [1.165, 1.54) is 13.2 Å². The highest BCUT2D eigenvalue weighted by Gasteiger charge is 2.13. The maximum atomic E-state index is 13.9. The fraction of sp³-hybridized carbons (Fsp3) is 0.316. The molecule has 3 rings (SSSR count). The smallest absolute Gasteiger partial charge is 0.199 e. The molecule has 0 fully saturated rings. The van der Waals surface area contributed by atoms with Gasteiger partial charge in [0, 0.05) is 31.0 Å². The van der Waals surface area contributed by atoms with E-state index in [9.17, 15) is 4.39 Å². The number of methoxy groups -OCH3 is 1. The van der Waals surface area contributed by atoms with Crippen LogP contribution in [0.2, 0.25) is 0 Å². The lowest BCUT2D eigenvalue weighted by Crippen LogP contribution is -2.22. The van der Waals surface area contributed by atoms with Crippen molar-refractivity contribution in [2.45, 2.75) is 26.7 Å². The first-order chi connectivity index (χ1) is 13.0. The molecule has 0 amide bonds. The molecule has 0 aliphatic heterocycles. The third kappa shape index (κ3) is 4.23. The average molecular weight is 387 g/mol. The van der Waals surface area contributed by atoms with E-state index in [-0.39, 0.29) is 11.6 Å². The number of aromatic nitrogens is 4. The quantitative estimate of drug-likeness (QED) is 0.578. The molecule has 0 atom stereocenters. The highest BCUT2D eigenvalue weighted by Crippen LogP contribution is 2.20. The van der Waals surface area contributed by atoms with Gasteiger partial charge in [0.05, 0.1) is 13.8 Å². The second-order valence-corrected chi connectivity index (χ2v) is 6.58. The average Bonchev–Trinajstić information content (AvgIpc) is 2.98. The van der Waals surface area contributed by atoms with Crippen molar-refractivity contribution in [1.82, 2.24) is 24.2 Å². The monoisotopic (exact) mass is 387 g/mol. The lowest BCUT2D eigenvalue weighted by molar-refractivity contribution is 0.243. The zero-order chi connectivity index (χ0) is 19.4. The molecule has 27 heavy (non-hydrogen) atoms. The Balaban J connectivity index is 1.80. The predicted molar refractivity (Wildman–Crippen MR) is 104 cm³/mol. The highest BCUT2D eigenvalue weighted by atomic mass is 32.1. The molecular weight excluding hydrogens is 365 g/mol. The van der Waals surface area contributed by atoms with Gasteiger partial charge in [-0.1, -0.05) is 6.07 Å². The maximum Gasteiger partial charge on any atom is 0.199 e. The van der Waals surface area contributed by atoms with Gasteiger partial charge in [-0.25, -0.2) is 9.07 Å². The largest absolute Gasteiger partial charge is 0.494 e. The minimum Gasteiger partial charge on any atom is -0.494 e. The topological polar surface area (TPSA) is 48.1 Å². The van der Waals surface area contributed by atoms with Crippen LogP contribution in [0.3, 0.4) is 0 Å². The van der Waals surface area contributed by atoms with Gasteiger partial charge in [0.1, 0.15) is 0 Å². The number of hydrogen-bond acceptors (Lipinski definition) is 5. The Morgan fingerprint density at radius 3 is 2.59 bits per heavy atom. The van der Waals surface area contributed by atoms with E-state index >= 15 is 0 Å². The van der Waals surface area contributed by atoms with Gasteiger partial charge >= 0.3 is 0 Å². The van der Waals surface area contributed by atoms with E-state index < -0.39 is 0 Å². The second-order valence-electron chi connectivity index (χ2n) is 6.21. The van der Waals surface area contributed by atoms with Crippen molar-refractivity contribution in [1.29, 1.82) is 0 Å². The summed E-state index contributed by atoms with van der Waals surface area (Å²) in [6.45, 7) is 3.82. The van der Waals surface area contributed by atoms with Crippen LogP contribution < -0.4 is 4.74 Å². The molecule has 0 spiro atoms. The molecule has 0 unspecified atom stereocenters. The molecule has 0 bridgehead atoms. The zero-order valence-corrected chi connectivity index (χ0v) is 16.4. The molecule has 0 aliphatic rings. The van der Waals surface area contributed by atoms with Crippen molar-refractivity contribution >= 4 is 12.2 Å². The molecule has 6 nitrogen and oxygen atoms in total. The summed E-state index contributed by atoms with van der Waals surface area (Å²) in [4.78, 5) is 6.08. The second kappa shape index (κ2) is 8.41. The SMILES string of the molecule is CCn1c(-c2ccncc2)nn(CN(C)Cc2ccc(OC)c(F)c2)c1=S. The molecule has 2 heterocycles. The van der Waals surface area contributed by atoms with E-state index in [2.05, 4.69) is 10.1 Å². The zero-order valence-electron chi connectivity index (χ0n) is 15.6. The summed E-state index contributed by atoms with van der Waals surface area (Å²) in [5.74, 6) is 0.691. The molecule has 0 N–H and O–H groups in total. The number of pyridine rings is 1. The molecule has 2 aromatic heterocycles. The Hall–Kier alpha value is -2.58. The first-order valence-corrected chi connectivity index (χ1v) is 9.03. The third-order valence-corrected chi connectivity index (χ3v) is 4.65. The maximum absolute atomic E-state index is 13.9. The highest BCUT2D eigenvalue weighted by molar-refractivity contribution is 7.71. The Morgan fingerprint density at radius 2 is 1.96 bits per heavy atom. The minimum absolute atomic E-state index is 0.243. The van der Waals surface area contributed by atoms with Crippen LogP contribution in [0.5, 0.6) is 5.75 Å². The molecule has 142 valence electrons. The Bertz CT molecular complexity index is 970.